The van der Waals surface area contributed by atoms with Crippen molar-refractivity contribution in [1.82, 2.24) is 0 Å². The van der Waals surface area contributed by atoms with E-state index in [-0.39, 0.29) is 33.8 Å². The maximum absolute atomic E-state index is 10.1. The molecule has 2 rings (SSSR count). The van der Waals surface area contributed by atoms with E-state index in [0.717, 1.165) is 0 Å². The fraction of sp³-hybridized carbons (Fsp3) is 0. The quantitative estimate of drug-likeness (QED) is 0.819. The van der Waals surface area contributed by atoms with Gasteiger partial charge in [0.05, 0.1) is 11.1 Å². The fourth-order valence-corrected chi connectivity index (χ4v) is 1.17. The van der Waals surface area contributed by atoms with E-state index in [1.165, 1.54) is 12.1 Å². The second-order valence-corrected chi connectivity index (χ2v) is 3.35. The third-order valence-corrected chi connectivity index (χ3v) is 2.13. The second-order valence-electron chi connectivity index (χ2n) is 3.35. The minimum atomic E-state index is 0. The molecule has 0 amide bonds. The van der Waals surface area contributed by atoms with E-state index in [1.54, 1.807) is 36.4 Å². The molecule has 0 aliphatic heterocycles. The number of carbonyl (C=O) groups is 2. The number of phenolic OH excluding ortho intramolecular Hbond substituents is 2. The molecule has 0 saturated heterocycles. The standard InChI is InChI=1S/2C7H6O2.Co.H2O/c2*8-5-6-3-1-2-4-7(6)9;;/h2*1-5,9H;;1H2/q;;+2;. The van der Waals surface area contributed by atoms with Gasteiger partial charge < -0.3 is 15.7 Å². The Morgan fingerprint density at radius 1 is 0.700 bits per heavy atom. The zero-order valence-electron chi connectivity index (χ0n) is 10.3. The van der Waals surface area contributed by atoms with Crippen molar-refractivity contribution in [2.24, 2.45) is 0 Å². The molecule has 0 aliphatic rings. The van der Waals surface area contributed by atoms with Gasteiger partial charge in [0.1, 0.15) is 11.5 Å². The molecule has 0 fully saturated rings. The molecule has 0 heterocycles. The molecule has 6 heteroatoms. The molecule has 2 aromatic carbocycles. The molecule has 2 aromatic rings. The first-order valence-corrected chi connectivity index (χ1v) is 5.15. The van der Waals surface area contributed by atoms with Gasteiger partial charge >= 0.3 is 16.8 Å². The van der Waals surface area contributed by atoms with Gasteiger partial charge in [-0.25, -0.2) is 0 Å². The van der Waals surface area contributed by atoms with Gasteiger partial charge in [-0.2, -0.15) is 0 Å². The number of phenols is 2. The SMILES string of the molecule is O.O=Cc1ccccc1O.O=Cc1ccccc1O.[Co+2]. The third kappa shape index (κ3) is 6.14. The number of carbonyl (C=O) groups excluding carboxylic acids is 2. The Labute approximate surface area is 126 Å². The van der Waals surface area contributed by atoms with Crippen LogP contribution < -0.4 is 0 Å². The molecule has 0 bridgehead atoms. The van der Waals surface area contributed by atoms with Gasteiger partial charge in [0.25, 0.3) is 0 Å². The van der Waals surface area contributed by atoms with Gasteiger partial charge in [0, 0.05) is 0 Å². The second kappa shape index (κ2) is 10.7. The van der Waals surface area contributed by atoms with E-state index in [2.05, 4.69) is 0 Å². The zero-order valence-corrected chi connectivity index (χ0v) is 11.4. The normalized spacial score (nSPS) is 8.00. The third-order valence-electron chi connectivity index (χ3n) is 2.13. The average molecular weight is 321 g/mol. The maximum atomic E-state index is 10.1. The van der Waals surface area contributed by atoms with E-state index >= 15 is 0 Å². The molecule has 0 aromatic heterocycles. The number of rotatable bonds is 2. The van der Waals surface area contributed by atoms with E-state index in [0.29, 0.717) is 23.7 Å². The van der Waals surface area contributed by atoms with E-state index in [1.807, 2.05) is 0 Å². The first-order chi connectivity index (χ1) is 8.69. The van der Waals surface area contributed by atoms with Crippen LogP contribution in [0.25, 0.3) is 0 Å². The summed E-state index contributed by atoms with van der Waals surface area (Å²) >= 11 is 0. The molecule has 0 spiro atoms. The predicted molar refractivity (Wildman–Crippen MR) is 70.6 cm³/mol. The first-order valence-electron chi connectivity index (χ1n) is 5.15. The summed E-state index contributed by atoms with van der Waals surface area (Å²) in [4.78, 5) is 20.1. The Bertz CT molecular complexity index is 493. The van der Waals surface area contributed by atoms with Gasteiger partial charge in [0.15, 0.2) is 12.6 Å². The number of benzene rings is 2. The van der Waals surface area contributed by atoms with Crippen LogP contribution in [0.1, 0.15) is 20.7 Å². The van der Waals surface area contributed by atoms with Crippen molar-refractivity contribution >= 4 is 12.6 Å². The Balaban J connectivity index is 0. The van der Waals surface area contributed by atoms with Crippen LogP contribution in [0.5, 0.6) is 11.5 Å². The molecule has 0 saturated carbocycles. The van der Waals surface area contributed by atoms with Crippen LogP contribution >= 0.6 is 0 Å². The van der Waals surface area contributed by atoms with Crippen LogP contribution in [-0.4, -0.2) is 28.3 Å². The smallest absolute Gasteiger partial charge is 0.507 e. The number of para-hydroxylation sites is 2. The number of hydrogen-bond acceptors (Lipinski definition) is 4. The molecule has 107 valence electrons. The van der Waals surface area contributed by atoms with Crippen molar-refractivity contribution < 1.29 is 42.1 Å². The van der Waals surface area contributed by atoms with Crippen LogP contribution in [0, 0.1) is 0 Å². The molecule has 5 nitrogen and oxygen atoms in total. The van der Waals surface area contributed by atoms with Crippen molar-refractivity contribution in [3.8, 4) is 11.5 Å². The van der Waals surface area contributed by atoms with E-state index in [4.69, 9.17) is 10.2 Å². The van der Waals surface area contributed by atoms with E-state index < -0.39 is 0 Å². The van der Waals surface area contributed by atoms with Crippen LogP contribution in [0.4, 0.5) is 0 Å². The van der Waals surface area contributed by atoms with Crippen LogP contribution in [-0.2, 0) is 16.8 Å². The zero-order chi connectivity index (χ0) is 13.4. The van der Waals surface area contributed by atoms with Crippen LogP contribution in [0.2, 0.25) is 0 Å². The molecule has 4 N–H and O–H groups in total. The molecular weight excluding hydrogens is 307 g/mol. The summed E-state index contributed by atoms with van der Waals surface area (Å²) in [6.07, 6.45) is 1.24. The molecule has 1 radical (unpaired) electrons. The van der Waals surface area contributed by atoms with Crippen molar-refractivity contribution in [2.45, 2.75) is 0 Å². The topological polar surface area (TPSA) is 106 Å². The summed E-state index contributed by atoms with van der Waals surface area (Å²) in [7, 11) is 0. The van der Waals surface area contributed by atoms with Crippen molar-refractivity contribution in [2.75, 3.05) is 0 Å². The minimum Gasteiger partial charge on any atom is -0.507 e. The van der Waals surface area contributed by atoms with Gasteiger partial charge in [-0.1, -0.05) is 24.3 Å². The number of aromatic hydroxyl groups is 2. The average Bonchev–Trinajstić information content (AvgIpc) is 2.41. The molecular formula is C14H14CoO5+2. The maximum Gasteiger partial charge on any atom is 2.00 e. The Kier molecular flexibility index (Phi) is 10.8. The summed E-state index contributed by atoms with van der Waals surface area (Å²) < 4.78 is 0. The fourth-order valence-electron chi connectivity index (χ4n) is 1.17. The first kappa shape index (κ1) is 20.2. The Morgan fingerprint density at radius 3 is 1.20 bits per heavy atom. The van der Waals surface area contributed by atoms with Crippen molar-refractivity contribution in [3.05, 3.63) is 59.7 Å². The van der Waals surface area contributed by atoms with Crippen LogP contribution in [0.15, 0.2) is 48.5 Å². The summed E-state index contributed by atoms with van der Waals surface area (Å²) in [5.74, 6) is 0.0694. The molecule has 20 heavy (non-hydrogen) atoms. The van der Waals surface area contributed by atoms with Gasteiger partial charge in [-0.15, -0.1) is 0 Å². The number of aldehydes is 2. The Morgan fingerprint density at radius 2 is 1.00 bits per heavy atom. The predicted octanol–water partition coefficient (Wildman–Crippen LogP) is 1.58. The molecule has 0 atom stereocenters. The summed E-state index contributed by atoms with van der Waals surface area (Å²) in [6, 6.07) is 12.8. The summed E-state index contributed by atoms with van der Waals surface area (Å²) in [5, 5.41) is 17.8. The minimum absolute atomic E-state index is 0. The van der Waals surface area contributed by atoms with Crippen molar-refractivity contribution in [3.63, 3.8) is 0 Å². The van der Waals surface area contributed by atoms with Crippen LogP contribution in [0.3, 0.4) is 0 Å². The van der Waals surface area contributed by atoms with Gasteiger partial charge in [-0.05, 0) is 24.3 Å². The monoisotopic (exact) mass is 321 g/mol. The summed E-state index contributed by atoms with van der Waals surface area (Å²) in [5.41, 5.74) is 0.662. The summed E-state index contributed by atoms with van der Waals surface area (Å²) in [6.45, 7) is 0. The Hall–Kier alpha value is -2.15. The van der Waals surface area contributed by atoms with Gasteiger partial charge in [-0.3, -0.25) is 9.59 Å². The van der Waals surface area contributed by atoms with E-state index in [9.17, 15) is 9.59 Å². The van der Waals surface area contributed by atoms with Crippen molar-refractivity contribution in [1.29, 1.82) is 0 Å². The van der Waals surface area contributed by atoms with Gasteiger partial charge in [0.2, 0.25) is 0 Å². The molecule has 0 unspecified atom stereocenters. The largest absolute Gasteiger partial charge is 2.00 e. The molecule has 0 aliphatic carbocycles. The number of hydrogen-bond donors (Lipinski definition) is 2.